The largest absolute Gasteiger partial charge is 0.393 e. The number of piperidine rings is 1. The highest BCUT2D eigenvalue weighted by Gasteiger charge is 2.42. The number of aliphatic hydroxyl groups excluding tert-OH is 1. The summed E-state index contributed by atoms with van der Waals surface area (Å²) in [6.45, 7) is 2.06. The van der Waals surface area contributed by atoms with Crippen LogP contribution in [0.5, 0.6) is 0 Å². The Labute approximate surface area is 112 Å². The van der Waals surface area contributed by atoms with Crippen LogP contribution in [-0.2, 0) is 11.3 Å². The Morgan fingerprint density at radius 2 is 2.11 bits per heavy atom. The van der Waals surface area contributed by atoms with Crippen molar-refractivity contribution in [3.05, 3.63) is 11.8 Å². The molecule has 104 valence electrons. The van der Waals surface area contributed by atoms with Crippen molar-refractivity contribution in [1.82, 2.24) is 14.7 Å². The van der Waals surface area contributed by atoms with Gasteiger partial charge in [0.05, 0.1) is 11.8 Å². The molecule has 3 atom stereocenters. The summed E-state index contributed by atoms with van der Waals surface area (Å²) < 4.78 is 1.56. The second-order valence-electron chi connectivity index (χ2n) is 5.68. The van der Waals surface area contributed by atoms with E-state index in [0.29, 0.717) is 18.7 Å². The molecule has 2 bridgehead atoms. The Morgan fingerprint density at radius 3 is 2.63 bits per heavy atom. The second kappa shape index (κ2) is 4.52. The number of aromatic nitrogens is 2. The Bertz CT molecular complexity index is 485. The van der Waals surface area contributed by atoms with E-state index in [2.05, 4.69) is 5.10 Å². The van der Waals surface area contributed by atoms with Crippen molar-refractivity contribution in [2.75, 3.05) is 5.73 Å². The van der Waals surface area contributed by atoms with Gasteiger partial charge >= 0.3 is 0 Å². The molecular weight excluding hydrogens is 244 g/mol. The van der Waals surface area contributed by atoms with Crippen LogP contribution in [0.3, 0.4) is 0 Å². The van der Waals surface area contributed by atoms with E-state index >= 15 is 0 Å². The fourth-order valence-electron chi connectivity index (χ4n) is 3.46. The van der Waals surface area contributed by atoms with Crippen LogP contribution < -0.4 is 5.73 Å². The Balaban J connectivity index is 1.73. The molecule has 3 N–H and O–H groups in total. The lowest BCUT2D eigenvalue weighted by Crippen LogP contribution is -2.49. The molecule has 2 fully saturated rings. The molecule has 2 saturated heterocycles. The van der Waals surface area contributed by atoms with Gasteiger partial charge < -0.3 is 15.7 Å². The van der Waals surface area contributed by atoms with Crippen LogP contribution in [0, 0.1) is 6.92 Å². The number of nitrogens with two attached hydrogens (primary N) is 1. The van der Waals surface area contributed by atoms with Crippen LogP contribution in [0.2, 0.25) is 0 Å². The molecule has 2 aliphatic rings. The van der Waals surface area contributed by atoms with Crippen LogP contribution in [-0.4, -0.2) is 43.9 Å². The molecule has 0 saturated carbocycles. The molecule has 0 aliphatic carbocycles. The molecule has 1 aromatic rings. The molecule has 0 radical (unpaired) electrons. The summed E-state index contributed by atoms with van der Waals surface area (Å²) in [4.78, 5) is 14.4. The van der Waals surface area contributed by atoms with E-state index in [0.717, 1.165) is 18.5 Å². The third-order valence-electron chi connectivity index (χ3n) is 4.21. The third-order valence-corrected chi connectivity index (χ3v) is 4.21. The first-order chi connectivity index (χ1) is 9.04. The van der Waals surface area contributed by atoms with Crippen LogP contribution >= 0.6 is 0 Å². The topological polar surface area (TPSA) is 84.4 Å². The molecular formula is C13H20N4O2. The van der Waals surface area contributed by atoms with Gasteiger partial charge in [0.15, 0.2) is 0 Å². The number of rotatable bonds is 2. The van der Waals surface area contributed by atoms with Crippen molar-refractivity contribution >= 4 is 11.7 Å². The number of carbonyl (C=O) groups is 1. The molecule has 1 unspecified atom stereocenters. The van der Waals surface area contributed by atoms with Crippen LogP contribution in [0.1, 0.15) is 31.4 Å². The van der Waals surface area contributed by atoms with Crippen LogP contribution in [0.15, 0.2) is 6.07 Å². The lowest BCUT2D eigenvalue weighted by Gasteiger charge is -2.37. The van der Waals surface area contributed by atoms with Gasteiger partial charge in [0.1, 0.15) is 12.4 Å². The highest BCUT2D eigenvalue weighted by atomic mass is 16.3. The zero-order valence-electron chi connectivity index (χ0n) is 11.1. The standard InChI is InChI=1S/C13H20N4O2/c1-8-4-12(14)16(15-8)7-13(19)17-9-2-3-10(17)6-11(18)5-9/h4,9-11,18H,2-3,5-7,14H2,1H3/t9-,10+,11?. The molecule has 0 spiro atoms. The maximum Gasteiger partial charge on any atom is 0.244 e. The summed E-state index contributed by atoms with van der Waals surface area (Å²) in [5, 5.41) is 14.0. The third kappa shape index (κ3) is 2.20. The number of fused-ring (bicyclic) bond motifs is 2. The fraction of sp³-hybridized carbons (Fsp3) is 0.692. The Morgan fingerprint density at radius 1 is 1.47 bits per heavy atom. The number of anilines is 1. The van der Waals surface area contributed by atoms with Gasteiger partial charge in [-0.15, -0.1) is 0 Å². The van der Waals surface area contributed by atoms with Crippen LogP contribution in [0.4, 0.5) is 5.82 Å². The van der Waals surface area contributed by atoms with Crippen molar-refractivity contribution in [1.29, 1.82) is 0 Å². The number of nitrogens with zero attached hydrogens (tertiary/aromatic N) is 3. The smallest absolute Gasteiger partial charge is 0.244 e. The van der Waals surface area contributed by atoms with Gasteiger partial charge in [0.2, 0.25) is 5.91 Å². The molecule has 6 nitrogen and oxygen atoms in total. The highest BCUT2D eigenvalue weighted by molar-refractivity contribution is 5.77. The van der Waals surface area contributed by atoms with Crippen molar-refractivity contribution in [2.24, 2.45) is 0 Å². The van der Waals surface area contributed by atoms with Gasteiger partial charge in [0.25, 0.3) is 0 Å². The monoisotopic (exact) mass is 264 g/mol. The minimum Gasteiger partial charge on any atom is -0.393 e. The maximum atomic E-state index is 12.4. The molecule has 19 heavy (non-hydrogen) atoms. The van der Waals surface area contributed by atoms with Gasteiger partial charge in [-0.2, -0.15) is 5.10 Å². The maximum absolute atomic E-state index is 12.4. The quantitative estimate of drug-likeness (QED) is 0.804. The average Bonchev–Trinajstić information content (AvgIpc) is 2.77. The number of hydrogen-bond donors (Lipinski definition) is 2. The van der Waals surface area contributed by atoms with Crippen molar-refractivity contribution < 1.29 is 9.90 Å². The highest BCUT2D eigenvalue weighted by Crippen LogP contribution is 2.35. The molecule has 6 heteroatoms. The van der Waals surface area contributed by atoms with Gasteiger partial charge in [-0.1, -0.05) is 0 Å². The minimum atomic E-state index is -0.251. The van der Waals surface area contributed by atoms with Crippen molar-refractivity contribution in [3.63, 3.8) is 0 Å². The number of hydrogen-bond acceptors (Lipinski definition) is 4. The van der Waals surface area contributed by atoms with E-state index < -0.39 is 0 Å². The first-order valence-electron chi connectivity index (χ1n) is 6.83. The normalized spacial score (nSPS) is 29.8. The fourth-order valence-corrected chi connectivity index (χ4v) is 3.46. The summed E-state index contributed by atoms with van der Waals surface area (Å²) >= 11 is 0. The number of carbonyl (C=O) groups excluding carboxylic acids is 1. The first kappa shape index (κ1) is 12.5. The van der Waals surface area contributed by atoms with E-state index in [9.17, 15) is 9.90 Å². The molecule has 0 aromatic carbocycles. The zero-order valence-corrected chi connectivity index (χ0v) is 11.1. The van der Waals surface area contributed by atoms with Crippen molar-refractivity contribution in [3.8, 4) is 0 Å². The number of amides is 1. The molecule has 3 rings (SSSR count). The summed E-state index contributed by atoms with van der Waals surface area (Å²) in [5.41, 5.74) is 6.64. The molecule has 2 aliphatic heterocycles. The average molecular weight is 264 g/mol. The van der Waals surface area contributed by atoms with E-state index in [1.165, 1.54) is 0 Å². The predicted molar refractivity (Wildman–Crippen MR) is 70.3 cm³/mol. The van der Waals surface area contributed by atoms with Gasteiger partial charge in [-0.25, -0.2) is 4.68 Å². The van der Waals surface area contributed by atoms with Gasteiger partial charge in [-0.05, 0) is 32.6 Å². The Kier molecular flexibility index (Phi) is 2.97. The molecule has 1 amide bonds. The predicted octanol–water partition coefficient (Wildman–Crippen LogP) is 0.288. The van der Waals surface area contributed by atoms with E-state index in [4.69, 9.17) is 5.73 Å². The second-order valence-corrected chi connectivity index (χ2v) is 5.68. The summed E-state index contributed by atoms with van der Waals surface area (Å²) in [6, 6.07) is 2.15. The summed E-state index contributed by atoms with van der Waals surface area (Å²) in [7, 11) is 0. The lowest BCUT2D eigenvalue weighted by atomic mass is 10.00. The lowest BCUT2D eigenvalue weighted by molar-refractivity contribution is -0.138. The molecule has 3 heterocycles. The number of aryl methyl sites for hydroxylation is 1. The SMILES string of the molecule is Cc1cc(N)n(CC(=O)N2[C@@H]3CC[C@H]2CC(O)C3)n1. The van der Waals surface area contributed by atoms with E-state index in [1.807, 2.05) is 11.8 Å². The summed E-state index contributed by atoms with van der Waals surface area (Å²) in [6.07, 6.45) is 3.16. The van der Waals surface area contributed by atoms with Crippen molar-refractivity contribution in [2.45, 2.75) is 57.3 Å². The molecule has 1 aromatic heterocycles. The Hall–Kier alpha value is -1.56. The zero-order chi connectivity index (χ0) is 13.6. The number of nitrogen functional groups attached to an aromatic ring is 1. The minimum absolute atomic E-state index is 0.0641. The van der Waals surface area contributed by atoms with E-state index in [-0.39, 0.29) is 30.6 Å². The van der Waals surface area contributed by atoms with Gasteiger partial charge in [-0.3, -0.25) is 4.79 Å². The first-order valence-corrected chi connectivity index (χ1v) is 6.83. The summed E-state index contributed by atoms with van der Waals surface area (Å²) in [5.74, 6) is 0.587. The van der Waals surface area contributed by atoms with E-state index in [1.54, 1.807) is 10.7 Å². The number of aliphatic hydroxyl groups is 1. The van der Waals surface area contributed by atoms with Crippen LogP contribution in [0.25, 0.3) is 0 Å². The van der Waals surface area contributed by atoms with Gasteiger partial charge in [0, 0.05) is 18.2 Å².